The number of halogens is 2. The summed E-state index contributed by atoms with van der Waals surface area (Å²) in [6.07, 6.45) is 1.89. The van der Waals surface area contributed by atoms with Gasteiger partial charge in [-0.15, -0.1) is 0 Å². The molecule has 1 amide bonds. The van der Waals surface area contributed by atoms with E-state index in [0.29, 0.717) is 10.0 Å². The number of piperidine rings is 1. The molecule has 1 N–H and O–H groups in total. The minimum atomic E-state index is -0.156. The van der Waals surface area contributed by atoms with Crippen molar-refractivity contribution in [3.8, 4) is 0 Å². The van der Waals surface area contributed by atoms with Crippen molar-refractivity contribution in [3.63, 3.8) is 0 Å². The smallest absolute Gasteiger partial charge is 0.225 e. The van der Waals surface area contributed by atoms with Crippen LogP contribution in [0.25, 0.3) is 0 Å². The van der Waals surface area contributed by atoms with Crippen LogP contribution in [0.2, 0.25) is 10.0 Å². The van der Waals surface area contributed by atoms with Crippen molar-refractivity contribution in [1.82, 2.24) is 10.2 Å². The number of carbonyl (C=O) groups excluding carboxylic acids is 1. The van der Waals surface area contributed by atoms with Gasteiger partial charge in [0, 0.05) is 23.1 Å². The number of carbonyl (C=O) groups is 1. The highest BCUT2D eigenvalue weighted by Crippen LogP contribution is 2.27. The first-order chi connectivity index (χ1) is 15.1. The summed E-state index contributed by atoms with van der Waals surface area (Å²) < 4.78 is 0. The lowest BCUT2D eigenvalue weighted by atomic mass is 9.94. The maximum atomic E-state index is 13.3. The zero-order valence-electron chi connectivity index (χ0n) is 17.3. The minimum Gasteiger partial charge on any atom is -0.345 e. The Kier molecular flexibility index (Phi) is 7.29. The molecule has 4 rings (SSSR count). The number of hydrogen-bond acceptors (Lipinski definition) is 2. The second kappa shape index (κ2) is 10.3. The van der Waals surface area contributed by atoms with E-state index in [1.54, 1.807) is 6.07 Å². The van der Waals surface area contributed by atoms with Gasteiger partial charge in [0.05, 0.1) is 12.0 Å². The summed E-state index contributed by atoms with van der Waals surface area (Å²) in [5.74, 6) is 0.0550. The fraction of sp³-hybridized carbons (Fsp3) is 0.269. The molecule has 31 heavy (non-hydrogen) atoms. The van der Waals surface area contributed by atoms with Gasteiger partial charge in [-0.3, -0.25) is 9.69 Å². The summed E-state index contributed by atoms with van der Waals surface area (Å²) >= 11 is 12.4. The molecular weight excluding hydrogens is 427 g/mol. The average molecular weight is 453 g/mol. The number of nitrogens with one attached hydrogen (secondary N) is 1. The standard InChI is InChI=1S/C26H26Cl2N2O/c27-23-14-13-21(24(28)16-23)17-30-15-7-12-22(18-30)26(31)29-25(19-8-3-1-4-9-19)20-10-5-2-6-11-20/h1-6,8-11,13-14,16,22,25H,7,12,15,17-18H2,(H,29,31). The third-order valence-corrected chi connectivity index (χ3v) is 6.42. The van der Waals surface area contributed by atoms with E-state index in [1.165, 1.54) is 0 Å². The van der Waals surface area contributed by atoms with E-state index in [-0.39, 0.29) is 17.9 Å². The Morgan fingerprint density at radius 3 is 2.23 bits per heavy atom. The van der Waals surface area contributed by atoms with Gasteiger partial charge in [-0.1, -0.05) is 89.9 Å². The molecule has 0 aliphatic carbocycles. The van der Waals surface area contributed by atoms with Crippen LogP contribution in [0, 0.1) is 5.92 Å². The first-order valence-corrected chi connectivity index (χ1v) is 11.4. The molecule has 1 aliphatic heterocycles. The lowest BCUT2D eigenvalue weighted by Gasteiger charge is -2.33. The van der Waals surface area contributed by atoms with E-state index >= 15 is 0 Å². The van der Waals surface area contributed by atoms with Crippen LogP contribution in [-0.2, 0) is 11.3 Å². The molecule has 3 aromatic carbocycles. The van der Waals surface area contributed by atoms with Gasteiger partial charge in [0.2, 0.25) is 5.91 Å². The molecule has 0 bridgehead atoms. The van der Waals surface area contributed by atoms with Crippen molar-refractivity contribution >= 4 is 29.1 Å². The van der Waals surface area contributed by atoms with Crippen LogP contribution < -0.4 is 5.32 Å². The van der Waals surface area contributed by atoms with Crippen molar-refractivity contribution in [2.45, 2.75) is 25.4 Å². The van der Waals surface area contributed by atoms with Crippen LogP contribution in [0.1, 0.15) is 35.6 Å². The molecule has 0 spiro atoms. The number of benzene rings is 3. The Morgan fingerprint density at radius 2 is 1.61 bits per heavy atom. The number of hydrogen-bond donors (Lipinski definition) is 1. The average Bonchev–Trinajstić information content (AvgIpc) is 2.80. The lowest BCUT2D eigenvalue weighted by Crippen LogP contribution is -2.43. The van der Waals surface area contributed by atoms with Crippen LogP contribution in [-0.4, -0.2) is 23.9 Å². The minimum absolute atomic E-state index is 0.0465. The van der Waals surface area contributed by atoms with Crippen LogP contribution in [0.5, 0.6) is 0 Å². The molecule has 5 heteroatoms. The Morgan fingerprint density at radius 1 is 0.968 bits per heavy atom. The summed E-state index contributed by atoms with van der Waals surface area (Å²) in [6.45, 7) is 2.41. The monoisotopic (exact) mass is 452 g/mol. The Bertz CT molecular complexity index is 971. The van der Waals surface area contributed by atoms with E-state index in [1.807, 2.05) is 48.5 Å². The number of rotatable bonds is 6. The van der Waals surface area contributed by atoms with Gasteiger partial charge in [-0.25, -0.2) is 0 Å². The fourth-order valence-electron chi connectivity index (χ4n) is 4.21. The fourth-order valence-corrected chi connectivity index (χ4v) is 4.68. The highest BCUT2D eigenvalue weighted by molar-refractivity contribution is 6.35. The van der Waals surface area contributed by atoms with E-state index in [9.17, 15) is 4.79 Å². The molecule has 1 heterocycles. The van der Waals surface area contributed by atoms with Gasteiger partial charge in [0.15, 0.2) is 0 Å². The van der Waals surface area contributed by atoms with Crippen molar-refractivity contribution in [2.24, 2.45) is 5.92 Å². The van der Waals surface area contributed by atoms with Gasteiger partial charge >= 0.3 is 0 Å². The molecule has 1 saturated heterocycles. The van der Waals surface area contributed by atoms with Crippen molar-refractivity contribution in [2.75, 3.05) is 13.1 Å². The molecule has 1 fully saturated rings. The van der Waals surface area contributed by atoms with Crippen LogP contribution in [0.3, 0.4) is 0 Å². The van der Waals surface area contributed by atoms with Crippen LogP contribution >= 0.6 is 23.2 Å². The highest BCUT2D eigenvalue weighted by Gasteiger charge is 2.28. The summed E-state index contributed by atoms with van der Waals surface area (Å²) in [6, 6.07) is 25.7. The molecule has 0 aromatic heterocycles. The van der Waals surface area contributed by atoms with Crippen molar-refractivity contribution in [1.29, 1.82) is 0 Å². The third kappa shape index (κ3) is 5.68. The van der Waals surface area contributed by atoms with Crippen LogP contribution in [0.15, 0.2) is 78.9 Å². The Balaban J connectivity index is 1.46. The maximum absolute atomic E-state index is 13.3. The zero-order chi connectivity index (χ0) is 21.6. The molecule has 3 aromatic rings. The first kappa shape index (κ1) is 21.9. The molecule has 1 atom stereocenters. The van der Waals surface area contributed by atoms with E-state index in [4.69, 9.17) is 23.2 Å². The van der Waals surface area contributed by atoms with Gasteiger partial charge in [0.25, 0.3) is 0 Å². The second-order valence-corrected chi connectivity index (χ2v) is 8.92. The normalized spacial score (nSPS) is 16.9. The van der Waals surface area contributed by atoms with Crippen molar-refractivity contribution in [3.05, 3.63) is 106 Å². The maximum Gasteiger partial charge on any atom is 0.225 e. The summed E-state index contributed by atoms with van der Waals surface area (Å²) in [5, 5.41) is 4.62. The van der Waals surface area contributed by atoms with Gasteiger partial charge in [-0.05, 0) is 48.2 Å². The quantitative estimate of drug-likeness (QED) is 0.488. The number of nitrogens with zero attached hydrogens (tertiary/aromatic N) is 1. The molecule has 1 unspecified atom stereocenters. The van der Waals surface area contributed by atoms with E-state index < -0.39 is 0 Å². The molecule has 0 saturated carbocycles. The largest absolute Gasteiger partial charge is 0.345 e. The Hall–Kier alpha value is -2.33. The third-order valence-electron chi connectivity index (χ3n) is 5.84. The lowest BCUT2D eigenvalue weighted by molar-refractivity contribution is -0.127. The zero-order valence-corrected chi connectivity index (χ0v) is 18.8. The molecule has 160 valence electrons. The van der Waals surface area contributed by atoms with E-state index in [0.717, 1.165) is 49.2 Å². The molecule has 3 nitrogen and oxygen atoms in total. The van der Waals surface area contributed by atoms with Gasteiger partial charge in [0.1, 0.15) is 0 Å². The molecule has 1 aliphatic rings. The van der Waals surface area contributed by atoms with Gasteiger partial charge < -0.3 is 5.32 Å². The summed E-state index contributed by atoms with van der Waals surface area (Å²) in [7, 11) is 0. The number of likely N-dealkylation sites (tertiary alicyclic amines) is 1. The number of amides is 1. The summed E-state index contributed by atoms with van der Waals surface area (Å²) in [4.78, 5) is 15.6. The second-order valence-electron chi connectivity index (χ2n) is 8.07. The predicted molar refractivity (Wildman–Crippen MR) is 127 cm³/mol. The SMILES string of the molecule is O=C(NC(c1ccccc1)c1ccccc1)C1CCCN(Cc2ccc(Cl)cc2Cl)C1. The topological polar surface area (TPSA) is 32.3 Å². The Labute approximate surface area is 194 Å². The molecule has 0 radical (unpaired) electrons. The summed E-state index contributed by atoms with van der Waals surface area (Å²) in [5.41, 5.74) is 3.21. The highest BCUT2D eigenvalue weighted by atomic mass is 35.5. The van der Waals surface area contributed by atoms with E-state index in [2.05, 4.69) is 34.5 Å². The van der Waals surface area contributed by atoms with Crippen LogP contribution in [0.4, 0.5) is 0 Å². The van der Waals surface area contributed by atoms with Gasteiger partial charge in [-0.2, -0.15) is 0 Å². The van der Waals surface area contributed by atoms with Crippen molar-refractivity contribution < 1.29 is 4.79 Å². The molecular formula is C26H26Cl2N2O. The predicted octanol–water partition coefficient (Wildman–Crippen LogP) is 6.11. The first-order valence-electron chi connectivity index (χ1n) is 10.7.